The second kappa shape index (κ2) is 6.32. The van der Waals surface area contributed by atoms with Gasteiger partial charge in [-0.3, -0.25) is 0 Å². The van der Waals surface area contributed by atoms with Crippen LogP contribution in [0, 0.1) is 0 Å². The summed E-state index contributed by atoms with van der Waals surface area (Å²) < 4.78 is 5.91. The molecule has 2 aromatic carbocycles. The first kappa shape index (κ1) is 19.8. The lowest BCUT2D eigenvalue weighted by atomic mass is 9.79. The molecule has 0 radical (unpaired) electrons. The molecular weight excluding hydrogens is 385 g/mol. The molecule has 0 fully saturated rings. The molecule has 0 amide bonds. The molecule has 144 valence electrons. The van der Waals surface area contributed by atoms with Gasteiger partial charge < -0.3 is 14.6 Å². The SMILES string of the molecule is CC(C)(C)c1cc(C(C)(C)C)c2nc(-c3cc(Cl)cc(Cl)c3O)oc2c1O. The van der Waals surface area contributed by atoms with Crippen LogP contribution in [0.2, 0.25) is 10.0 Å². The number of phenolic OH excluding ortho intramolecular Hbond substituents is 2. The van der Waals surface area contributed by atoms with Crippen molar-refractivity contribution in [1.82, 2.24) is 4.98 Å². The Kier molecular flexibility index (Phi) is 4.64. The molecule has 0 bridgehead atoms. The highest BCUT2D eigenvalue weighted by molar-refractivity contribution is 6.36. The highest BCUT2D eigenvalue weighted by Gasteiger charge is 2.30. The maximum atomic E-state index is 10.9. The number of nitrogens with zero attached hydrogens (tertiary/aromatic N) is 1. The quantitative estimate of drug-likeness (QED) is 0.464. The Morgan fingerprint density at radius 2 is 1.44 bits per heavy atom. The van der Waals surface area contributed by atoms with E-state index in [1.54, 1.807) is 0 Å². The smallest absolute Gasteiger partial charge is 0.231 e. The number of aromatic nitrogens is 1. The number of oxazole rings is 1. The van der Waals surface area contributed by atoms with E-state index in [0.29, 0.717) is 10.5 Å². The molecule has 2 N–H and O–H groups in total. The lowest BCUT2D eigenvalue weighted by molar-refractivity contribution is 0.438. The first-order valence-corrected chi connectivity index (χ1v) is 9.42. The second-order valence-electron chi connectivity index (χ2n) is 8.80. The molecule has 3 aromatic rings. The Hall–Kier alpha value is -1.91. The van der Waals surface area contributed by atoms with Gasteiger partial charge in [0.05, 0.1) is 10.6 Å². The van der Waals surface area contributed by atoms with Crippen molar-refractivity contribution in [2.75, 3.05) is 0 Å². The summed E-state index contributed by atoms with van der Waals surface area (Å²) in [5, 5.41) is 21.7. The molecule has 6 heteroatoms. The maximum Gasteiger partial charge on any atom is 0.231 e. The van der Waals surface area contributed by atoms with Crippen LogP contribution in [0.25, 0.3) is 22.6 Å². The number of halogens is 2. The minimum absolute atomic E-state index is 0.0527. The van der Waals surface area contributed by atoms with Crippen LogP contribution in [-0.2, 0) is 10.8 Å². The number of aromatic hydroxyl groups is 2. The Labute approximate surface area is 168 Å². The summed E-state index contributed by atoms with van der Waals surface area (Å²) in [6, 6.07) is 4.96. The minimum Gasteiger partial charge on any atom is -0.506 e. The minimum atomic E-state index is -0.285. The molecule has 0 saturated carbocycles. The van der Waals surface area contributed by atoms with Gasteiger partial charge in [-0.25, -0.2) is 4.98 Å². The summed E-state index contributed by atoms with van der Waals surface area (Å²) in [5.74, 6) is 0.0380. The zero-order valence-electron chi connectivity index (χ0n) is 16.2. The summed E-state index contributed by atoms with van der Waals surface area (Å²) in [6.45, 7) is 12.3. The van der Waals surface area contributed by atoms with Crippen molar-refractivity contribution < 1.29 is 14.6 Å². The van der Waals surface area contributed by atoms with Gasteiger partial charge in [0.2, 0.25) is 5.89 Å². The summed E-state index contributed by atoms with van der Waals surface area (Å²) >= 11 is 12.1. The second-order valence-corrected chi connectivity index (χ2v) is 9.64. The van der Waals surface area contributed by atoms with Gasteiger partial charge in [-0.15, -0.1) is 0 Å². The Balaban J connectivity index is 2.40. The Morgan fingerprint density at radius 3 is 2.00 bits per heavy atom. The van der Waals surface area contributed by atoms with Gasteiger partial charge in [0.15, 0.2) is 11.3 Å². The molecular formula is C21H23Cl2NO3. The van der Waals surface area contributed by atoms with Crippen LogP contribution in [0.5, 0.6) is 11.5 Å². The van der Waals surface area contributed by atoms with Crippen LogP contribution >= 0.6 is 23.2 Å². The van der Waals surface area contributed by atoms with E-state index in [-0.39, 0.29) is 44.4 Å². The molecule has 1 heterocycles. The van der Waals surface area contributed by atoms with E-state index in [4.69, 9.17) is 27.6 Å². The molecule has 0 spiro atoms. The molecule has 0 aliphatic heterocycles. The third-order valence-electron chi connectivity index (χ3n) is 4.52. The molecule has 0 atom stereocenters. The first-order valence-electron chi connectivity index (χ1n) is 8.66. The maximum absolute atomic E-state index is 10.9. The number of benzene rings is 2. The molecule has 0 saturated heterocycles. The van der Waals surface area contributed by atoms with Crippen LogP contribution in [0.15, 0.2) is 22.6 Å². The van der Waals surface area contributed by atoms with Crippen LogP contribution in [-0.4, -0.2) is 15.2 Å². The zero-order valence-corrected chi connectivity index (χ0v) is 17.7. The molecule has 27 heavy (non-hydrogen) atoms. The normalized spacial score (nSPS) is 12.7. The van der Waals surface area contributed by atoms with E-state index in [2.05, 4.69) is 25.8 Å². The van der Waals surface area contributed by atoms with Crippen molar-refractivity contribution in [2.45, 2.75) is 52.4 Å². The Bertz CT molecular complexity index is 1040. The number of hydrogen-bond acceptors (Lipinski definition) is 4. The first-order chi connectivity index (χ1) is 12.3. The average molecular weight is 408 g/mol. The Morgan fingerprint density at radius 1 is 0.852 bits per heavy atom. The van der Waals surface area contributed by atoms with Gasteiger partial charge in [0.25, 0.3) is 0 Å². The lowest BCUT2D eigenvalue weighted by Gasteiger charge is -2.25. The van der Waals surface area contributed by atoms with E-state index < -0.39 is 0 Å². The molecule has 3 rings (SSSR count). The highest BCUT2D eigenvalue weighted by Crippen LogP contribution is 2.45. The number of phenols is 2. The summed E-state index contributed by atoms with van der Waals surface area (Å²) in [7, 11) is 0. The van der Waals surface area contributed by atoms with E-state index in [1.165, 1.54) is 12.1 Å². The van der Waals surface area contributed by atoms with Gasteiger partial charge in [-0.2, -0.15) is 0 Å². The third-order valence-corrected chi connectivity index (χ3v) is 5.02. The van der Waals surface area contributed by atoms with E-state index >= 15 is 0 Å². The largest absolute Gasteiger partial charge is 0.506 e. The van der Waals surface area contributed by atoms with Gasteiger partial charge in [0.1, 0.15) is 11.3 Å². The summed E-state index contributed by atoms with van der Waals surface area (Å²) in [6.07, 6.45) is 0. The van der Waals surface area contributed by atoms with Crippen molar-refractivity contribution in [3.05, 3.63) is 39.4 Å². The molecule has 1 aromatic heterocycles. The standard InChI is InChI=1S/C21H23Cl2NO3/c1-20(2,3)12-9-13(21(4,5)6)17(26)18-15(12)24-19(27-18)11-7-10(22)8-14(23)16(11)25/h7-9,25-26H,1-6H3. The van der Waals surface area contributed by atoms with Crippen LogP contribution in [0.1, 0.15) is 52.7 Å². The number of rotatable bonds is 1. The van der Waals surface area contributed by atoms with Crippen molar-refractivity contribution >= 4 is 34.3 Å². The lowest BCUT2D eigenvalue weighted by Crippen LogP contribution is -2.17. The van der Waals surface area contributed by atoms with Gasteiger partial charge in [-0.1, -0.05) is 64.7 Å². The summed E-state index contributed by atoms with van der Waals surface area (Å²) in [5.41, 5.74) is 2.33. The van der Waals surface area contributed by atoms with Crippen LogP contribution in [0.3, 0.4) is 0 Å². The van der Waals surface area contributed by atoms with Gasteiger partial charge in [-0.05, 0) is 34.6 Å². The predicted octanol–water partition coefficient (Wildman–Crippen LogP) is 6.81. The number of hydrogen-bond donors (Lipinski definition) is 2. The van der Waals surface area contributed by atoms with Crippen molar-refractivity contribution in [3.8, 4) is 23.0 Å². The van der Waals surface area contributed by atoms with Gasteiger partial charge >= 0.3 is 0 Å². The predicted molar refractivity (Wildman–Crippen MR) is 110 cm³/mol. The molecule has 4 nitrogen and oxygen atoms in total. The van der Waals surface area contributed by atoms with Crippen molar-refractivity contribution in [3.63, 3.8) is 0 Å². The fourth-order valence-electron chi connectivity index (χ4n) is 3.05. The summed E-state index contributed by atoms with van der Waals surface area (Å²) in [4.78, 5) is 4.57. The van der Waals surface area contributed by atoms with Crippen LogP contribution in [0.4, 0.5) is 0 Å². The fraction of sp³-hybridized carbons (Fsp3) is 0.381. The van der Waals surface area contributed by atoms with E-state index in [0.717, 1.165) is 11.1 Å². The van der Waals surface area contributed by atoms with Crippen molar-refractivity contribution in [1.29, 1.82) is 0 Å². The van der Waals surface area contributed by atoms with E-state index in [9.17, 15) is 10.2 Å². The molecule has 0 unspecified atom stereocenters. The monoisotopic (exact) mass is 407 g/mol. The van der Waals surface area contributed by atoms with Crippen LogP contribution < -0.4 is 0 Å². The van der Waals surface area contributed by atoms with Gasteiger partial charge in [0, 0.05) is 10.6 Å². The molecule has 0 aliphatic rings. The van der Waals surface area contributed by atoms with E-state index in [1.807, 2.05) is 26.8 Å². The molecule has 0 aliphatic carbocycles. The average Bonchev–Trinajstić information content (AvgIpc) is 2.94. The number of fused-ring (bicyclic) bond motifs is 1. The topological polar surface area (TPSA) is 66.5 Å². The zero-order chi connectivity index (χ0) is 20.3. The fourth-order valence-corrected chi connectivity index (χ4v) is 3.55. The highest BCUT2D eigenvalue weighted by atomic mass is 35.5. The van der Waals surface area contributed by atoms with Crippen molar-refractivity contribution in [2.24, 2.45) is 0 Å². The third kappa shape index (κ3) is 3.48.